The zero-order valence-corrected chi connectivity index (χ0v) is 22.7. The Balaban J connectivity index is 1.61. The molecule has 0 radical (unpaired) electrons. The Morgan fingerprint density at radius 2 is 1.80 bits per heavy atom. The molecular weight excluding hydrogens is 524 g/mol. The largest absolute Gasteiger partial charge is 0.408 e. The van der Waals surface area contributed by atoms with Crippen LogP contribution in [0.15, 0.2) is 47.4 Å². The summed E-state index contributed by atoms with van der Waals surface area (Å²) in [4.78, 5) is 21.8. The number of benzene rings is 2. The van der Waals surface area contributed by atoms with E-state index in [0.29, 0.717) is 10.2 Å². The van der Waals surface area contributed by atoms with E-state index in [-0.39, 0.29) is 22.7 Å². The van der Waals surface area contributed by atoms with Crippen molar-refractivity contribution in [3.8, 4) is 5.69 Å². The lowest BCUT2D eigenvalue weighted by atomic mass is 9.86. The first-order chi connectivity index (χ1) is 18.9. The second-order valence-corrected chi connectivity index (χ2v) is 11.2. The number of hydrogen-bond acceptors (Lipinski definition) is 5. The molecule has 0 aliphatic carbocycles. The number of hydrogen-bond donors (Lipinski definition) is 2. The second-order valence-electron chi connectivity index (χ2n) is 11.2. The molecule has 7 nitrogen and oxygen atoms in total. The van der Waals surface area contributed by atoms with Gasteiger partial charge in [-0.2, -0.15) is 18.2 Å². The Bertz CT molecular complexity index is 1600. The number of alkyl halides is 3. The molecule has 1 aliphatic rings. The van der Waals surface area contributed by atoms with Crippen LogP contribution in [0.2, 0.25) is 0 Å². The summed E-state index contributed by atoms with van der Waals surface area (Å²) in [5.41, 5.74) is 2.20. The highest BCUT2D eigenvalue weighted by atomic mass is 19.4. The maximum absolute atomic E-state index is 14.7. The molecule has 2 aromatic heterocycles. The molecule has 0 spiro atoms. The Morgan fingerprint density at radius 3 is 2.55 bits per heavy atom. The topological polar surface area (TPSA) is 76.8 Å². The smallest absolute Gasteiger partial charge is 0.324 e. The molecule has 1 aliphatic heterocycles. The van der Waals surface area contributed by atoms with Gasteiger partial charge in [0.15, 0.2) is 5.65 Å². The molecule has 11 heteroatoms. The number of nitrogens with zero attached hydrogens (tertiary/aromatic N) is 4. The van der Waals surface area contributed by atoms with Crippen molar-refractivity contribution < 1.29 is 17.6 Å². The summed E-state index contributed by atoms with van der Waals surface area (Å²) in [5, 5.41) is 6.51. The third-order valence-electron chi connectivity index (χ3n) is 7.09. The van der Waals surface area contributed by atoms with Crippen LogP contribution in [0.1, 0.15) is 50.3 Å². The summed E-state index contributed by atoms with van der Waals surface area (Å²) in [6.45, 7) is 5.73. The number of nitrogens with one attached hydrogen (secondary N) is 2. The summed E-state index contributed by atoms with van der Waals surface area (Å²) in [5.74, 6) is -0.357. The Kier molecular flexibility index (Phi) is 7.43. The maximum atomic E-state index is 14.7. The predicted molar refractivity (Wildman–Crippen MR) is 147 cm³/mol. The number of aryl methyl sites for hydroxylation is 1. The minimum Gasteiger partial charge on any atom is -0.324 e. The summed E-state index contributed by atoms with van der Waals surface area (Å²) >= 11 is 0. The molecule has 0 saturated heterocycles. The van der Waals surface area contributed by atoms with E-state index in [1.54, 1.807) is 20.8 Å². The number of halogens is 4. The molecular formula is C29H32F4N6O. The van der Waals surface area contributed by atoms with Gasteiger partial charge in [0.05, 0.1) is 5.69 Å². The minimum absolute atomic E-state index is 0.00912. The van der Waals surface area contributed by atoms with Crippen LogP contribution in [0.5, 0.6) is 0 Å². The zero-order valence-electron chi connectivity index (χ0n) is 22.7. The number of anilines is 2. The van der Waals surface area contributed by atoms with Crippen LogP contribution in [0, 0.1) is 5.82 Å². The highest BCUT2D eigenvalue weighted by Gasteiger charge is 2.32. The molecule has 0 saturated carbocycles. The van der Waals surface area contributed by atoms with Crippen molar-refractivity contribution in [2.24, 2.45) is 0 Å². The third kappa shape index (κ3) is 5.89. The van der Waals surface area contributed by atoms with Crippen LogP contribution in [0.25, 0.3) is 16.7 Å². The van der Waals surface area contributed by atoms with Crippen molar-refractivity contribution in [2.45, 2.75) is 64.6 Å². The van der Waals surface area contributed by atoms with Gasteiger partial charge in [-0.05, 0) is 91.2 Å². The van der Waals surface area contributed by atoms with E-state index < -0.39 is 29.5 Å². The lowest BCUT2D eigenvalue weighted by molar-refractivity contribution is -0.144. The second kappa shape index (κ2) is 10.7. The van der Waals surface area contributed by atoms with Gasteiger partial charge in [0, 0.05) is 11.9 Å². The van der Waals surface area contributed by atoms with Gasteiger partial charge in [0.2, 0.25) is 5.95 Å². The fourth-order valence-corrected chi connectivity index (χ4v) is 5.11. The Hall–Kier alpha value is -3.73. The van der Waals surface area contributed by atoms with Crippen molar-refractivity contribution in [3.63, 3.8) is 0 Å². The SMILES string of the molecule is CC(C)(C)c1cc(-n2c3nc(Nc4ccc5c(c4)CCNCCCC5)ncc3c(=O)n2CC(F)(F)F)ccc1F. The molecule has 0 amide bonds. The lowest BCUT2D eigenvalue weighted by Gasteiger charge is -2.22. The fourth-order valence-electron chi connectivity index (χ4n) is 5.11. The average Bonchev–Trinajstić information content (AvgIpc) is 3.19. The first-order valence-electron chi connectivity index (χ1n) is 13.4. The number of rotatable bonds is 4. The molecule has 0 bridgehead atoms. The van der Waals surface area contributed by atoms with E-state index in [0.717, 1.165) is 49.1 Å². The van der Waals surface area contributed by atoms with Crippen LogP contribution in [-0.4, -0.2) is 38.6 Å². The fraction of sp³-hybridized carbons (Fsp3) is 0.414. The monoisotopic (exact) mass is 556 g/mol. The summed E-state index contributed by atoms with van der Waals surface area (Å²) in [7, 11) is 0. The molecule has 0 unspecified atom stereocenters. The Morgan fingerprint density at radius 1 is 1.00 bits per heavy atom. The first-order valence-corrected chi connectivity index (χ1v) is 13.4. The van der Waals surface area contributed by atoms with Crippen LogP contribution in [-0.2, 0) is 24.8 Å². The van der Waals surface area contributed by atoms with Gasteiger partial charge in [-0.1, -0.05) is 26.8 Å². The lowest BCUT2D eigenvalue weighted by Crippen LogP contribution is -2.30. The maximum Gasteiger partial charge on any atom is 0.408 e. The highest BCUT2D eigenvalue weighted by molar-refractivity contribution is 5.77. The van der Waals surface area contributed by atoms with E-state index >= 15 is 0 Å². The van der Waals surface area contributed by atoms with Crippen molar-refractivity contribution in [2.75, 3.05) is 18.4 Å². The molecule has 0 atom stereocenters. The molecule has 3 heterocycles. The first kappa shape index (κ1) is 27.8. The van der Waals surface area contributed by atoms with Crippen molar-refractivity contribution in [1.29, 1.82) is 0 Å². The van der Waals surface area contributed by atoms with E-state index in [1.165, 1.54) is 35.5 Å². The summed E-state index contributed by atoms with van der Waals surface area (Å²) in [6, 6.07) is 10.0. The molecule has 212 valence electrons. The summed E-state index contributed by atoms with van der Waals surface area (Å²) in [6.07, 6.45) is 0.629. The van der Waals surface area contributed by atoms with Crippen molar-refractivity contribution >= 4 is 22.7 Å². The number of aromatic nitrogens is 4. The van der Waals surface area contributed by atoms with E-state index in [4.69, 9.17) is 0 Å². The van der Waals surface area contributed by atoms with Gasteiger partial charge in [-0.25, -0.2) is 18.7 Å². The zero-order chi connectivity index (χ0) is 28.7. The molecule has 4 aromatic rings. The Labute approximate surface area is 229 Å². The van der Waals surface area contributed by atoms with Gasteiger partial charge in [0.25, 0.3) is 5.56 Å². The predicted octanol–water partition coefficient (Wildman–Crippen LogP) is 5.79. The third-order valence-corrected chi connectivity index (χ3v) is 7.09. The number of fused-ring (bicyclic) bond motifs is 2. The van der Waals surface area contributed by atoms with Crippen LogP contribution in [0.3, 0.4) is 0 Å². The minimum atomic E-state index is -4.67. The van der Waals surface area contributed by atoms with Crippen molar-refractivity contribution in [3.05, 3.63) is 75.5 Å². The summed E-state index contributed by atoms with van der Waals surface area (Å²) < 4.78 is 57.1. The van der Waals surface area contributed by atoms with Crippen molar-refractivity contribution in [1.82, 2.24) is 24.6 Å². The standard InChI is InChI=1S/C29H32F4N6O/c1-28(2,3)23-15-21(9-10-24(23)30)39-25-22(26(40)38(39)17-29(31,32)33)16-35-27(37-25)36-20-8-7-18-6-4-5-12-34-13-11-19(18)14-20/h7-10,14-16,34H,4-6,11-13,17H2,1-3H3,(H,35,36,37). The molecule has 2 aromatic carbocycles. The average molecular weight is 557 g/mol. The normalized spacial score (nSPS) is 14.9. The van der Waals surface area contributed by atoms with E-state index in [2.05, 4.69) is 26.7 Å². The molecule has 2 N–H and O–H groups in total. The van der Waals surface area contributed by atoms with Crippen LogP contribution in [0.4, 0.5) is 29.2 Å². The highest BCUT2D eigenvalue weighted by Crippen LogP contribution is 2.29. The molecule has 0 fully saturated rings. The van der Waals surface area contributed by atoms with Crippen LogP contribution >= 0.6 is 0 Å². The van der Waals surface area contributed by atoms with E-state index in [1.807, 2.05) is 12.1 Å². The van der Waals surface area contributed by atoms with Gasteiger partial charge in [0.1, 0.15) is 17.7 Å². The van der Waals surface area contributed by atoms with Gasteiger partial charge < -0.3 is 10.6 Å². The van der Waals surface area contributed by atoms with Crippen LogP contribution < -0.4 is 16.2 Å². The molecule has 5 rings (SSSR count). The quantitative estimate of drug-likeness (QED) is 0.311. The molecule has 40 heavy (non-hydrogen) atoms. The van der Waals surface area contributed by atoms with Gasteiger partial charge in [-0.3, -0.25) is 4.79 Å². The van der Waals surface area contributed by atoms with E-state index in [9.17, 15) is 22.4 Å². The van der Waals surface area contributed by atoms with Gasteiger partial charge >= 0.3 is 6.18 Å². The van der Waals surface area contributed by atoms with Gasteiger partial charge in [-0.15, -0.1) is 0 Å².